The van der Waals surface area contributed by atoms with E-state index in [2.05, 4.69) is 5.32 Å². The van der Waals surface area contributed by atoms with Crippen LogP contribution in [0, 0.1) is 0 Å². The van der Waals surface area contributed by atoms with E-state index in [0.717, 1.165) is 44.5 Å². The summed E-state index contributed by atoms with van der Waals surface area (Å²) in [4.78, 5) is 14.6. The second-order valence-corrected chi connectivity index (χ2v) is 8.08. The van der Waals surface area contributed by atoms with E-state index in [1.165, 1.54) is 10.6 Å². The molecule has 8 heteroatoms. The van der Waals surface area contributed by atoms with Crippen molar-refractivity contribution in [3.63, 3.8) is 0 Å². The molecule has 2 aliphatic rings. The van der Waals surface area contributed by atoms with Gasteiger partial charge in [0.2, 0.25) is 10.0 Å². The molecule has 0 saturated carbocycles. The summed E-state index contributed by atoms with van der Waals surface area (Å²) in [5.41, 5.74) is 2.31. The number of nitrogens with zero attached hydrogens (tertiary/aromatic N) is 2. The lowest BCUT2D eigenvalue weighted by atomic mass is 10.00. The summed E-state index contributed by atoms with van der Waals surface area (Å²) in [5, 5.41) is 3.29. The molecule has 24 heavy (non-hydrogen) atoms. The summed E-state index contributed by atoms with van der Waals surface area (Å²) in [6.45, 7) is 3.75. The minimum atomic E-state index is -3.27. The van der Waals surface area contributed by atoms with Gasteiger partial charge in [0, 0.05) is 31.7 Å². The Labute approximate surface area is 149 Å². The number of hydrogen-bond acceptors (Lipinski definition) is 4. The molecule has 0 aliphatic carbocycles. The van der Waals surface area contributed by atoms with Crippen LogP contribution in [0.1, 0.15) is 28.8 Å². The zero-order valence-electron chi connectivity index (χ0n) is 13.8. The van der Waals surface area contributed by atoms with Gasteiger partial charge in [0.05, 0.1) is 11.9 Å². The van der Waals surface area contributed by atoms with Crippen LogP contribution in [0.15, 0.2) is 18.2 Å². The van der Waals surface area contributed by atoms with Crippen molar-refractivity contribution in [3.05, 3.63) is 29.3 Å². The molecular formula is C16H24ClN3O3S. The third-order valence-electron chi connectivity index (χ3n) is 4.43. The van der Waals surface area contributed by atoms with Crippen LogP contribution in [-0.4, -0.2) is 58.2 Å². The van der Waals surface area contributed by atoms with E-state index in [9.17, 15) is 13.2 Å². The first-order valence-electron chi connectivity index (χ1n) is 8.07. The van der Waals surface area contributed by atoms with Gasteiger partial charge in [0.25, 0.3) is 5.91 Å². The number of sulfonamides is 1. The molecule has 0 aromatic heterocycles. The Morgan fingerprint density at radius 2 is 1.92 bits per heavy atom. The lowest BCUT2D eigenvalue weighted by Crippen LogP contribution is -2.36. The molecule has 0 radical (unpaired) electrons. The molecule has 1 fully saturated rings. The van der Waals surface area contributed by atoms with Crippen molar-refractivity contribution in [1.82, 2.24) is 10.2 Å². The van der Waals surface area contributed by atoms with Gasteiger partial charge in [-0.05, 0) is 49.6 Å². The van der Waals surface area contributed by atoms with E-state index in [1.54, 1.807) is 12.1 Å². The second-order valence-electron chi connectivity index (χ2n) is 6.18. The predicted octanol–water partition coefficient (Wildman–Crippen LogP) is 1.26. The average molecular weight is 374 g/mol. The summed E-state index contributed by atoms with van der Waals surface area (Å²) >= 11 is 0. The number of benzene rings is 1. The fourth-order valence-corrected chi connectivity index (χ4v) is 4.27. The SMILES string of the molecule is CS(=O)(=O)N1CCCc2cc(C(=O)N3CCCNCC3)ccc21.Cl. The number of nitrogens with one attached hydrogen (secondary N) is 1. The molecule has 0 unspecified atom stereocenters. The highest BCUT2D eigenvalue weighted by Crippen LogP contribution is 2.30. The standard InChI is InChI=1S/C16H23N3O3S.ClH/c1-23(21,22)19-10-2-4-13-12-14(5-6-15(13)19)16(20)18-9-3-7-17-8-11-18;/h5-6,12,17H,2-4,7-11H2,1H3;1H. The lowest BCUT2D eigenvalue weighted by molar-refractivity contribution is 0.0766. The van der Waals surface area contributed by atoms with Crippen LogP contribution in [-0.2, 0) is 16.4 Å². The minimum Gasteiger partial charge on any atom is -0.337 e. The maximum absolute atomic E-state index is 12.7. The van der Waals surface area contributed by atoms with Gasteiger partial charge in [-0.15, -0.1) is 12.4 Å². The van der Waals surface area contributed by atoms with Gasteiger partial charge in [-0.3, -0.25) is 9.10 Å². The smallest absolute Gasteiger partial charge is 0.253 e. The van der Waals surface area contributed by atoms with Gasteiger partial charge in [-0.25, -0.2) is 8.42 Å². The zero-order valence-corrected chi connectivity index (χ0v) is 15.5. The Bertz CT molecular complexity index is 701. The summed E-state index contributed by atoms with van der Waals surface area (Å²) in [5.74, 6) is 0.0352. The molecule has 1 aromatic carbocycles. The largest absolute Gasteiger partial charge is 0.337 e. The molecule has 3 rings (SSSR count). The zero-order chi connectivity index (χ0) is 16.4. The summed E-state index contributed by atoms with van der Waals surface area (Å²) < 4.78 is 25.2. The number of aryl methyl sites for hydroxylation is 1. The molecule has 1 aromatic rings. The van der Waals surface area contributed by atoms with Gasteiger partial charge < -0.3 is 10.2 Å². The third kappa shape index (κ3) is 4.02. The fourth-order valence-electron chi connectivity index (χ4n) is 3.27. The molecule has 2 aliphatic heterocycles. The Balaban J connectivity index is 0.00000208. The van der Waals surface area contributed by atoms with Crippen molar-refractivity contribution in [1.29, 1.82) is 0 Å². The van der Waals surface area contributed by atoms with Gasteiger partial charge in [0.1, 0.15) is 0 Å². The van der Waals surface area contributed by atoms with Crippen LogP contribution in [0.2, 0.25) is 0 Å². The molecule has 1 saturated heterocycles. The van der Waals surface area contributed by atoms with Crippen molar-refractivity contribution in [2.75, 3.05) is 43.3 Å². The van der Waals surface area contributed by atoms with Gasteiger partial charge in [-0.2, -0.15) is 0 Å². The van der Waals surface area contributed by atoms with Crippen LogP contribution >= 0.6 is 12.4 Å². The van der Waals surface area contributed by atoms with Crippen LogP contribution < -0.4 is 9.62 Å². The van der Waals surface area contributed by atoms with Gasteiger partial charge in [0.15, 0.2) is 0 Å². The minimum absolute atomic E-state index is 0. The molecule has 0 bridgehead atoms. The van der Waals surface area contributed by atoms with Gasteiger partial charge in [-0.1, -0.05) is 0 Å². The number of halogens is 1. The average Bonchev–Trinajstić information content (AvgIpc) is 2.81. The molecule has 6 nitrogen and oxygen atoms in total. The normalized spacial score (nSPS) is 18.4. The Hall–Kier alpha value is -1.31. The van der Waals surface area contributed by atoms with E-state index in [1.807, 2.05) is 11.0 Å². The van der Waals surface area contributed by atoms with Crippen molar-refractivity contribution in [2.24, 2.45) is 0 Å². The third-order valence-corrected chi connectivity index (χ3v) is 5.61. The topological polar surface area (TPSA) is 69.7 Å². The highest BCUT2D eigenvalue weighted by Gasteiger charge is 2.25. The number of carbonyl (C=O) groups excluding carboxylic acids is 1. The Morgan fingerprint density at radius 3 is 2.67 bits per heavy atom. The monoisotopic (exact) mass is 373 g/mol. The summed E-state index contributed by atoms with van der Waals surface area (Å²) in [7, 11) is -3.27. The summed E-state index contributed by atoms with van der Waals surface area (Å²) in [6.07, 6.45) is 3.78. The first-order valence-corrected chi connectivity index (χ1v) is 9.92. The predicted molar refractivity (Wildman–Crippen MR) is 97.6 cm³/mol. The van der Waals surface area contributed by atoms with Crippen LogP contribution in [0.25, 0.3) is 0 Å². The molecule has 1 amide bonds. The molecule has 0 atom stereocenters. The first-order chi connectivity index (χ1) is 11.0. The van der Waals surface area contributed by atoms with E-state index < -0.39 is 10.0 Å². The summed E-state index contributed by atoms with van der Waals surface area (Å²) in [6, 6.07) is 5.40. The lowest BCUT2D eigenvalue weighted by Gasteiger charge is -2.30. The van der Waals surface area contributed by atoms with Crippen molar-refractivity contribution >= 4 is 34.0 Å². The second kappa shape index (κ2) is 7.72. The molecule has 134 valence electrons. The molecule has 2 heterocycles. The number of anilines is 1. The van der Waals surface area contributed by atoms with E-state index in [4.69, 9.17) is 0 Å². The Morgan fingerprint density at radius 1 is 1.12 bits per heavy atom. The van der Waals surface area contributed by atoms with E-state index >= 15 is 0 Å². The molecule has 0 spiro atoms. The highest BCUT2D eigenvalue weighted by atomic mass is 35.5. The van der Waals surface area contributed by atoms with Crippen LogP contribution in [0.4, 0.5) is 5.69 Å². The molecular weight excluding hydrogens is 350 g/mol. The number of hydrogen-bond donors (Lipinski definition) is 1. The fraction of sp³-hybridized carbons (Fsp3) is 0.562. The number of amides is 1. The highest BCUT2D eigenvalue weighted by molar-refractivity contribution is 7.92. The van der Waals surface area contributed by atoms with Crippen LogP contribution in [0.3, 0.4) is 0 Å². The maximum atomic E-state index is 12.7. The van der Waals surface area contributed by atoms with Crippen molar-refractivity contribution in [2.45, 2.75) is 19.3 Å². The van der Waals surface area contributed by atoms with Gasteiger partial charge >= 0.3 is 0 Å². The number of rotatable bonds is 2. The van der Waals surface area contributed by atoms with E-state index in [0.29, 0.717) is 24.3 Å². The number of fused-ring (bicyclic) bond motifs is 1. The first kappa shape index (κ1) is 19.0. The van der Waals surface area contributed by atoms with Crippen molar-refractivity contribution in [3.8, 4) is 0 Å². The van der Waals surface area contributed by atoms with Crippen LogP contribution in [0.5, 0.6) is 0 Å². The number of carbonyl (C=O) groups is 1. The van der Waals surface area contributed by atoms with E-state index in [-0.39, 0.29) is 18.3 Å². The maximum Gasteiger partial charge on any atom is 0.253 e. The van der Waals surface area contributed by atoms with Crippen molar-refractivity contribution < 1.29 is 13.2 Å². The molecule has 1 N–H and O–H groups in total. The Kier molecular flexibility index (Phi) is 6.11. The quantitative estimate of drug-likeness (QED) is 0.847.